The molecule has 0 spiro atoms. The summed E-state index contributed by atoms with van der Waals surface area (Å²) in [6.07, 6.45) is -3.07. The standard InChI is InChI=1S/C20H14F4N2O2/c21-16-7-2-8-17(11-16)28-19-14(5-3-9-25-19)12-26-18(27)13-4-1-6-15(10-13)20(22,23)24/h1-11H,12H2,(H,26,27). The lowest BCUT2D eigenvalue weighted by Gasteiger charge is -2.12. The van der Waals surface area contributed by atoms with Crippen LogP contribution in [0.25, 0.3) is 0 Å². The Labute approximate surface area is 157 Å². The van der Waals surface area contributed by atoms with Crippen molar-refractivity contribution < 1.29 is 27.1 Å². The zero-order valence-corrected chi connectivity index (χ0v) is 14.3. The molecule has 0 aliphatic carbocycles. The van der Waals surface area contributed by atoms with E-state index in [-0.39, 0.29) is 23.7 Å². The van der Waals surface area contributed by atoms with Crippen LogP contribution in [0.1, 0.15) is 21.5 Å². The van der Waals surface area contributed by atoms with Gasteiger partial charge in [0.1, 0.15) is 11.6 Å². The number of nitrogens with one attached hydrogen (secondary N) is 1. The minimum atomic E-state index is -4.54. The number of pyridine rings is 1. The first-order chi connectivity index (χ1) is 13.3. The van der Waals surface area contributed by atoms with E-state index < -0.39 is 23.5 Å². The Balaban J connectivity index is 1.72. The number of alkyl halides is 3. The van der Waals surface area contributed by atoms with Crippen molar-refractivity contribution in [2.75, 3.05) is 0 Å². The van der Waals surface area contributed by atoms with Crippen molar-refractivity contribution in [2.24, 2.45) is 0 Å². The van der Waals surface area contributed by atoms with Gasteiger partial charge in [-0.3, -0.25) is 4.79 Å². The van der Waals surface area contributed by atoms with Gasteiger partial charge in [-0.05, 0) is 36.4 Å². The maximum Gasteiger partial charge on any atom is 0.416 e. The van der Waals surface area contributed by atoms with E-state index in [0.29, 0.717) is 5.56 Å². The summed E-state index contributed by atoms with van der Waals surface area (Å²) in [5.74, 6) is -0.777. The number of rotatable bonds is 5. The highest BCUT2D eigenvalue weighted by molar-refractivity contribution is 5.94. The maximum atomic E-state index is 13.3. The highest BCUT2D eigenvalue weighted by atomic mass is 19.4. The molecule has 2 aromatic carbocycles. The molecule has 0 radical (unpaired) electrons. The first kappa shape index (κ1) is 19.3. The fraction of sp³-hybridized carbons (Fsp3) is 0.100. The summed E-state index contributed by atoms with van der Waals surface area (Å²) in [5, 5.41) is 2.53. The number of nitrogens with zero attached hydrogens (tertiary/aromatic N) is 1. The third kappa shape index (κ3) is 4.85. The van der Waals surface area contributed by atoms with Crippen molar-refractivity contribution in [1.29, 1.82) is 0 Å². The number of halogens is 4. The van der Waals surface area contributed by atoms with Crippen molar-refractivity contribution >= 4 is 5.91 Å². The molecule has 0 aliphatic heterocycles. The van der Waals surface area contributed by atoms with Crippen LogP contribution in [0.4, 0.5) is 17.6 Å². The van der Waals surface area contributed by atoms with Crippen LogP contribution < -0.4 is 10.1 Å². The molecule has 0 unspecified atom stereocenters. The quantitative estimate of drug-likeness (QED) is 0.627. The molecular weight excluding hydrogens is 376 g/mol. The van der Waals surface area contributed by atoms with Crippen molar-refractivity contribution in [2.45, 2.75) is 12.7 Å². The number of aromatic nitrogens is 1. The molecular formula is C20H14F4N2O2. The van der Waals surface area contributed by atoms with E-state index in [4.69, 9.17) is 4.74 Å². The first-order valence-electron chi connectivity index (χ1n) is 8.16. The summed E-state index contributed by atoms with van der Waals surface area (Å²) in [7, 11) is 0. The van der Waals surface area contributed by atoms with E-state index in [1.807, 2.05) is 0 Å². The minimum Gasteiger partial charge on any atom is -0.439 e. The zero-order valence-electron chi connectivity index (χ0n) is 14.3. The second-order valence-electron chi connectivity index (χ2n) is 5.79. The fourth-order valence-corrected chi connectivity index (χ4v) is 2.41. The average molecular weight is 390 g/mol. The Morgan fingerprint density at radius 1 is 1.04 bits per heavy atom. The van der Waals surface area contributed by atoms with E-state index in [9.17, 15) is 22.4 Å². The fourth-order valence-electron chi connectivity index (χ4n) is 2.41. The number of benzene rings is 2. The van der Waals surface area contributed by atoms with E-state index in [1.54, 1.807) is 18.2 Å². The van der Waals surface area contributed by atoms with Crippen LogP contribution in [0.3, 0.4) is 0 Å². The summed E-state index contributed by atoms with van der Waals surface area (Å²) in [6, 6.07) is 12.8. The van der Waals surface area contributed by atoms with E-state index in [0.717, 1.165) is 12.1 Å². The summed E-state index contributed by atoms with van der Waals surface area (Å²) in [6.45, 7) is -0.0342. The summed E-state index contributed by atoms with van der Waals surface area (Å²) in [4.78, 5) is 16.3. The van der Waals surface area contributed by atoms with E-state index in [1.165, 1.54) is 36.5 Å². The smallest absolute Gasteiger partial charge is 0.416 e. The number of ether oxygens (including phenoxy) is 1. The molecule has 1 amide bonds. The van der Waals surface area contributed by atoms with Gasteiger partial charge in [0.15, 0.2) is 0 Å². The van der Waals surface area contributed by atoms with Gasteiger partial charge in [0.2, 0.25) is 5.88 Å². The Bertz CT molecular complexity index is 990. The van der Waals surface area contributed by atoms with Crippen molar-refractivity contribution in [3.05, 3.63) is 89.4 Å². The highest BCUT2D eigenvalue weighted by Gasteiger charge is 2.30. The largest absolute Gasteiger partial charge is 0.439 e. The number of carbonyl (C=O) groups is 1. The molecule has 28 heavy (non-hydrogen) atoms. The van der Waals surface area contributed by atoms with Crippen LogP contribution in [0.5, 0.6) is 11.6 Å². The summed E-state index contributed by atoms with van der Waals surface area (Å²) >= 11 is 0. The predicted octanol–water partition coefficient (Wildman–Crippen LogP) is 4.96. The summed E-state index contributed by atoms with van der Waals surface area (Å²) < 4.78 is 57.2. The number of carbonyl (C=O) groups excluding carboxylic acids is 1. The number of hydrogen-bond acceptors (Lipinski definition) is 3. The number of amides is 1. The molecule has 1 aromatic heterocycles. The molecule has 0 atom stereocenters. The molecule has 1 N–H and O–H groups in total. The lowest BCUT2D eigenvalue weighted by molar-refractivity contribution is -0.137. The van der Waals surface area contributed by atoms with Gasteiger partial charge in [-0.15, -0.1) is 0 Å². The van der Waals surface area contributed by atoms with Crippen molar-refractivity contribution in [3.8, 4) is 11.6 Å². The van der Waals surface area contributed by atoms with Crippen LogP contribution in [0.2, 0.25) is 0 Å². The minimum absolute atomic E-state index is 0.0342. The lowest BCUT2D eigenvalue weighted by atomic mass is 10.1. The Hall–Kier alpha value is -3.42. The Kier molecular flexibility index (Phi) is 5.58. The van der Waals surface area contributed by atoms with Gasteiger partial charge in [-0.2, -0.15) is 13.2 Å². The third-order valence-electron chi connectivity index (χ3n) is 3.75. The second kappa shape index (κ2) is 8.08. The van der Waals surface area contributed by atoms with E-state index in [2.05, 4.69) is 10.3 Å². The molecule has 8 heteroatoms. The molecule has 0 saturated carbocycles. The van der Waals surface area contributed by atoms with Gasteiger partial charge in [-0.1, -0.05) is 18.2 Å². The van der Waals surface area contributed by atoms with E-state index >= 15 is 0 Å². The molecule has 4 nitrogen and oxygen atoms in total. The molecule has 0 saturated heterocycles. The molecule has 3 rings (SSSR count). The van der Waals surface area contributed by atoms with Crippen molar-refractivity contribution in [1.82, 2.24) is 10.3 Å². The molecule has 0 bridgehead atoms. The van der Waals surface area contributed by atoms with Gasteiger partial charge in [0.25, 0.3) is 5.91 Å². The molecule has 3 aromatic rings. The normalized spacial score (nSPS) is 11.1. The van der Waals surface area contributed by atoms with Crippen LogP contribution in [0.15, 0.2) is 66.9 Å². The Morgan fingerprint density at radius 2 is 1.82 bits per heavy atom. The first-order valence-corrected chi connectivity index (χ1v) is 8.16. The zero-order chi connectivity index (χ0) is 20.1. The molecule has 144 valence electrons. The van der Waals surface area contributed by atoms with Crippen LogP contribution in [-0.2, 0) is 12.7 Å². The summed E-state index contributed by atoms with van der Waals surface area (Å²) in [5.41, 5.74) is -0.546. The monoisotopic (exact) mass is 390 g/mol. The van der Waals surface area contributed by atoms with Gasteiger partial charge >= 0.3 is 6.18 Å². The van der Waals surface area contributed by atoms with Crippen LogP contribution in [-0.4, -0.2) is 10.9 Å². The van der Waals surface area contributed by atoms with Crippen molar-refractivity contribution in [3.63, 3.8) is 0 Å². The third-order valence-corrected chi connectivity index (χ3v) is 3.75. The maximum absolute atomic E-state index is 13.3. The highest BCUT2D eigenvalue weighted by Crippen LogP contribution is 2.29. The van der Waals surface area contributed by atoms with Crippen LogP contribution >= 0.6 is 0 Å². The van der Waals surface area contributed by atoms with Gasteiger partial charge < -0.3 is 10.1 Å². The molecule has 1 heterocycles. The average Bonchev–Trinajstić information content (AvgIpc) is 2.66. The molecule has 0 fully saturated rings. The van der Waals surface area contributed by atoms with Gasteiger partial charge in [0.05, 0.1) is 5.56 Å². The van der Waals surface area contributed by atoms with Crippen LogP contribution in [0, 0.1) is 5.82 Å². The Morgan fingerprint density at radius 3 is 2.57 bits per heavy atom. The topological polar surface area (TPSA) is 51.2 Å². The molecule has 0 aliphatic rings. The second-order valence-corrected chi connectivity index (χ2v) is 5.79. The SMILES string of the molecule is O=C(NCc1cccnc1Oc1cccc(F)c1)c1cccc(C(F)(F)F)c1. The number of hydrogen-bond donors (Lipinski definition) is 1. The lowest BCUT2D eigenvalue weighted by Crippen LogP contribution is -2.23. The predicted molar refractivity (Wildman–Crippen MR) is 93.3 cm³/mol. The van der Waals surface area contributed by atoms with Gasteiger partial charge in [-0.25, -0.2) is 9.37 Å². The van der Waals surface area contributed by atoms with Gasteiger partial charge in [0, 0.05) is 29.9 Å².